The van der Waals surface area contributed by atoms with Crippen molar-refractivity contribution in [3.05, 3.63) is 21.4 Å². The van der Waals surface area contributed by atoms with E-state index in [0.717, 1.165) is 10.4 Å². The Labute approximate surface area is 103 Å². The number of nitrogens with one attached hydrogen (secondary N) is 1. The highest BCUT2D eigenvalue weighted by Crippen LogP contribution is 2.20. The number of aliphatic hydroxyl groups is 1. The smallest absolute Gasteiger partial charge is 0.330 e. The monoisotopic (exact) mass is 257 g/mol. The predicted octanol–water partition coefficient (Wildman–Crippen LogP) is 0.629. The van der Waals surface area contributed by atoms with Crippen molar-refractivity contribution in [2.75, 3.05) is 13.7 Å². The van der Waals surface area contributed by atoms with Gasteiger partial charge in [0.2, 0.25) is 0 Å². The van der Waals surface area contributed by atoms with Crippen LogP contribution in [-0.4, -0.2) is 36.7 Å². The second-order valence-corrected chi connectivity index (χ2v) is 4.84. The Bertz CT molecular complexity index is 408. The minimum Gasteiger partial charge on any atom is -0.467 e. The van der Waals surface area contributed by atoms with Crippen LogP contribution in [0.15, 0.2) is 6.07 Å². The number of carbonyl (C=O) groups excluding carboxylic acids is 2. The number of carbonyl (C=O) groups is 2. The quantitative estimate of drug-likeness (QED) is 0.776. The number of aryl methyl sites for hydroxylation is 2. The Morgan fingerprint density at radius 3 is 2.59 bits per heavy atom. The zero-order valence-electron chi connectivity index (χ0n) is 9.94. The van der Waals surface area contributed by atoms with Crippen molar-refractivity contribution in [1.29, 1.82) is 0 Å². The SMILES string of the molecule is COC(=O)C(CO)NC(=O)c1cc(C)c(C)s1. The Kier molecular flexibility index (Phi) is 4.65. The van der Waals surface area contributed by atoms with Gasteiger partial charge in [0.15, 0.2) is 6.04 Å². The van der Waals surface area contributed by atoms with Gasteiger partial charge in [-0.2, -0.15) is 0 Å². The lowest BCUT2D eigenvalue weighted by atomic mass is 10.2. The van der Waals surface area contributed by atoms with Crippen LogP contribution in [0, 0.1) is 13.8 Å². The van der Waals surface area contributed by atoms with Crippen LogP contribution in [0.5, 0.6) is 0 Å². The first-order valence-electron chi connectivity index (χ1n) is 5.06. The number of esters is 1. The summed E-state index contributed by atoms with van der Waals surface area (Å²) in [7, 11) is 1.20. The van der Waals surface area contributed by atoms with Crippen LogP contribution in [-0.2, 0) is 9.53 Å². The number of rotatable bonds is 4. The van der Waals surface area contributed by atoms with Crippen molar-refractivity contribution < 1.29 is 19.4 Å². The highest BCUT2D eigenvalue weighted by atomic mass is 32.1. The van der Waals surface area contributed by atoms with Gasteiger partial charge in [0.1, 0.15) is 0 Å². The first kappa shape index (κ1) is 13.7. The summed E-state index contributed by atoms with van der Waals surface area (Å²) < 4.78 is 4.46. The molecule has 0 aromatic carbocycles. The third-order valence-electron chi connectivity index (χ3n) is 2.36. The van der Waals surface area contributed by atoms with Gasteiger partial charge in [0.25, 0.3) is 5.91 Å². The molecule has 1 amide bonds. The summed E-state index contributed by atoms with van der Waals surface area (Å²) in [6.45, 7) is 3.34. The van der Waals surface area contributed by atoms with E-state index < -0.39 is 18.6 Å². The maximum Gasteiger partial charge on any atom is 0.330 e. The molecule has 1 unspecified atom stereocenters. The summed E-state index contributed by atoms with van der Waals surface area (Å²) in [5, 5.41) is 11.4. The molecule has 0 aliphatic heterocycles. The van der Waals surface area contributed by atoms with E-state index in [1.54, 1.807) is 6.07 Å². The summed E-state index contributed by atoms with van der Waals surface area (Å²) in [5.41, 5.74) is 1.03. The van der Waals surface area contributed by atoms with Gasteiger partial charge in [0, 0.05) is 4.88 Å². The highest BCUT2D eigenvalue weighted by molar-refractivity contribution is 7.14. The molecule has 17 heavy (non-hydrogen) atoms. The van der Waals surface area contributed by atoms with Gasteiger partial charge in [0.05, 0.1) is 18.6 Å². The van der Waals surface area contributed by atoms with E-state index in [-0.39, 0.29) is 5.91 Å². The van der Waals surface area contributed by atoms with Crippen LogP contribution in [0.3, 0.4) is 0 Å². The van der Waals surface area contributed by atoms with Crippen molar-refractivity contribution in [3.8, 4) is 0 Å². The van der Waals surface area contributed by atoms with E-state index in [2.05, 4.69) is 10.1 Å². The summed E-state index contributed by atoms with van der Waals surface area (Å²) in [4.78, 5) is 24.5. The molecular formula is C11H15NO4S. The minimum atomic E-state index is -1.02. The number of hydrogen-bond donors (Lipinski definition) is 2. The minimum absolute atomic E-state index is 0.379. The highest BCUT2D eigenvalue weighted by Gasteiger charge is 2.22. The number of ether oxygens (including phenoxy) is 1. The zero-order valence-corrected chi connectivity index (χ0v) is 10.8. The molecule has 1 aromatic rings. The molecule has 1 rings (SSSR count). The molecule has 0 bridgehead atoms. The standard InChI is InChI=1S/C11H15NO4S/c1-6-4-9(17-7(6)2)10(14)12-8(5-13)11(15)16-3/h4,8,13H,5H2,1-3H3,(H,12,14). The van der Waals surface area contributed by atoms with Crippen molar-refractivity contribution in [3.63, 3.8) is 0 Å². The lowest BCUT2D eigenvalue weighted by Gasteiger charge is -2.12. The normalized spacial score (nSPS) is 12.0. The average molecular weight is 257 g/mol. The van der Waals surface area contributed by atoms with Crippen molar-refractivity contribution in [2.24, 2.45) is 0 Å². The maximum absolute atomic E-state index is 11.8. The van der Waals surface area contributed by atoms with Crippen LogP contribution in [0.2, 0.25) is 0 Å². The first-order valence-corrected chi connectivity index (χ1v) is 5.87. The molecule has 1 aromatic heterocycles. The van der Waals surface area contributed by atoms with E-state index in [0.29, 0.717) is 4.88 Å². The molecule has 0 aliphatic rings. The fraction of sp³-hybridized carbons (Fsp3) is 0.455. The van der Waals surface area contributed by atoms with E-state index in [9.17, 15) is 9.59 Å². The number of methoxy groups -OCH3 is 1. The largest absolute Gasteiger partial charge is 0.467 e. The molecule has 0 aliphatic carbocycles. The van der Waals surface area contributed by atoms with E-state index in [1.165, 1.54) is 18.4 Å². The van der Waals surface area contributed by atoms with Crippen molar-refractivity contribution in [1.82, 2.24) is 5.32 Å². The number of amides is 1. The van der Waals surface area contributed by atoms with Crippen molar-refractivity contribution in [2.45, 2.75) is 19.9 Å². The van der Waals surface area contributed by atoms with Crippen LogP contribution in [0.1, 0.15) is 20.1 Å². The second kappa shape index (κ2) is 5.79. The van der Waals surface area contributed by atoms with Gasteiger partial charge in [-0.3, -0.25) is 4.79 Å². The van der Waals surface area contributed by atoms with Gasteiger partial charge < -0.3 is 15.2 Å². The molecular weight excluding hydrogens is 242 g/mol. The van der Waals surface area contributed by atoms with Crippen molar-refractivity contribution >= 4 is 23.2 Å². The third kappa shape index (κ3) is 3.28. The Hall–Kier alpha value is -1.40. The Morgan fingerprint density at radius 2 is 2.18 bits per heavy atom. The average Bonchev–Trinajstić information content (AvgIpc) is 2.65. The molecule has 5 nitrogen and oxygen atoms in total. The van der Waals surface area contributed by atoms with E-state index >= 15 is 0 Å². The third-order valence-corrected chi connectivity index (χ3v) is 3.51. The molecule has 0 saturated heterocycles. The van der Waals surface area contributed by atoms with Gasteiger partial charge >= 0.3 is 5.97 Å². The first-order chi connectivity index (χ1) is 7.99. The number of thiophene rings is 1. The molecule has 94 valence electrons. The molecule has 6 heteroatoms. The molecule has 0 saturated carbocycles. The molecule has 2 N–H and O–H groups in total. The van der Waals surface area contributed by atoms with Crippen LogP contribution < -0.4 is 5.32 Å². The topological polar surface area (TPSA) is 75.6 Å². The predicted molar refractivity (Wildman–Crippen MR) is 64.1 cm³/mol. The summed E-state index contributed by atoms with van der Waals surface area (Å²) in [6, 6.07) is 0.733. The molecule has 1 atom stereocenters. The summed E-state index contributed by atoms with van der Waals surface area (Å²) >= 11 is 1.35. The summed E-state index contributed by atoms with van der Waals surface area (Å²) in [6.07, 6.45) is 0. The lowest BCUT2D eigenvalue weighted by Crippen LogP contribution is -2.43. The summed E-state index contributed by atoms with van der Waals surface area (Å²) in [5.74, 6) is -1.04. The Morgan fingerprint density at radius 1 is 1.53 bits per heavy atom. The second-order valence-electron chi connectivity index (χ2n) is 3.58. The van der Waals surface area contributed by atoms with Crippen LogP contribution >= 0.6 is 11.3 Å². The van der Waals surface area contributed by atoms with E-state index in [4.69, 9.17) is 5.11 Å². The van der Waals surface area contributed by atoms with Gasteiger partial charge in [-0.15, -0.1) is 11.3 Å². The fourth-order valence-corrected chi connectivity index (χ4v) is 2.17. The maximum atomic E-state index is 11.8. The lowest BCUT2D eigenvalue weighted by molar-refractivity contribution is -0.143. The molecule has 0 spiro atoms. The molecule has 1 heterocycles. The number of hydrogen-bond acceptors (Lipinski definition) is 5. The Balaban J connectivity index is 2.74. The van der Waals surface area contributed by atoms with Gasteiger partial charge in [-0.1, -0.05) is 0 Å². The molecule has 0 fully saturated rings. The van der Waals surface area contributed by atoms with E-state index in [1.807, 2.05) is 13.8 Å². The molecule has 0 radical (unpaired) electrons. The number of aliphatic hydroxyl groups excluding tert-OH is 1. The fourth-order valence-electron chi connectivity index (χ4n) is 1.24. The van der Waals surface area contributed by atoms with Gasteiger partial charge in [-0.05, 0) is 25.5 Å². The van der Waals surface area contributed by atoms with Crippen LogP contribution in [0.4, 0.5) is 0 Å². The zero-order chi connectivity index (χ0) is 13.0. The van der Waals surface area contributed by atoms with Crippen LogP contribution in [0.25, 0.3) is 0 Å². The van der Waals surface area contributed by atoms with Gasteiger partial charge in [-0.25, -0.2) is 4.79 Å².